The Bertz CT molecular complexity index is 616. The second kappa shape index (κ2) is 5.77. The molecule has 1 aliphatic carbocycles. The molecule has 1 aliphatic rings. The molecule has 0 aliphatic heterocycles. The molecule has 21 heavy (non-hydrogen) atoms. The predicted molar refractivity (Wildman–Crippen MR) is 92.3 cm³/mol. The van der Waals surface area contributed by atoms with Gasteiger partial charge in [0.2, 0.25) is 0 Å². The third-order valence-corrected chi connectivity index (χ3v) is 4.63. The van der Waals surface area contributed by atoms with Crippen LogP contribution >= 0.6 is 0 Å². The predicted octanol–water partition coefficient (Wildman–Crippen LogP) is 5.45. The van der Waals surface area contributed by atoms with Crippen LogP contribution < -0.4 is 5.32 Å². The van der Waals surface area contributed by atoms with E-state index in [2.05, 4.69) is 67.4 Å². The van der Waals surface area contributed by atoms with Crippen molar-refractivity contribution in [2.24, 2.45) is 11.8 Å². The number of nitrogens with one attached hydrogen (secondary N) is 1. The minimum absolute atomic E-state index is 0.695. The molecule has 0 radical (unpaired) electrons. The lowest BCUT2D eigenvalue weighted by atomic mass is 9.71. The molecule has 0 heterocycles. The Morgan fingerprint density at radius 2 is 1.48 bits per heavy atom. The fourth-order valence-corrected chi connectivity index (χ4v) is 3.13. The largest absolute Gasteiger partial charge is 0.388 e. The number of benzene rings is 2. The van der Waals surface area contributed by atoms with E-state index in [1.54, 1.807) is 0 Å². The summed E-state index contributed by atoms with van der Waals surface area (Å²) in [7, 11) is 1.94. The fraction of sp³-hybridized carbons (Fsp3) is 0.300. The molecule has 1 N–H and O–H groups in total. The fourth-order valence-electron chi connectivity index (χ4n) is 3.13. The van der Waals surface area contributed by atoms with E-state index in [0.717, 1.165) is 11.6 Å². The topological polar surface area (TPSA) is 12.0 Å². The van der Waals surface area contributed by atoms with Crippen LogP contribution in [0.4, 0.5) is 5.69 Å². The first-order valence-corrected chi connectivity index (χ1v) is 7.75. The van der Waals surface area contributed by atoms with Gasteiger partial charge in [-0.05, 0) is 59.1 Å². The zero-order chi connectivity index (χ0) is 14.8. The number of allylic oxidation sites excluding steroid dienone is 1. The van der Waals surface area contributed by atoms with E-state index < -0.39 is 0 Å². The second-order valence-corrected chi connectivity index (χ2v) is 6.20. The van der Waals surface area contributed by atoms with Gasteiger partial charge in [-0.2, -0.15) is 0 Å². The van der Waals surface area contributed by atoms with Crippen molar-refractivity contribution in [3.8, 4) is 11.1 Å². The molecule has 0 aromatic heterocycles. The van der Waals surface area contributed by atoms with Crippen molar-refractivity contribution < 1.29 is 0 Å². The van der Waals surface area contributed by atoms with Crippen molar-refractivity contribution in [3.63, 3.8) is 0 Å². The summed E-state index contributed by atoms with van der Waals surface area (Å²) in [5.74, 6) is 1.57. The number of anilines is 1. The first kappa shape index (κ1) is 13.9. The molecular formula is C20H23N. The molecule has 3 rings (SSSR count). The molecule has 1 saturated carbocycles. The van der Waals surface area contributed by atoms with Crippen LogP contribution in [0.1, 0.15) is 25.3 Å². The molecule has 1 fully saturated rings. The summed E-state index contributed by atoms with van der Waals surface area (Å²) < 4.78 is 0. The molecule has 2 aromatic rings. The Morgan fingerprint density at radius 3 is 1.95 bits per heavy atom. The van der Waals surface area contributed by atoms with E-state index in [0.29, 0.717) is 5.92 Å². The first-order valence-electron chi connectivity index (χ1n) is 7.75. The van der Waals surface area contributed by atoms with Gasteiger partial charge in [0, 0.05) is 12.7 Å². The molecule has 108 valence electrons. The van der Waals surface area contributed by atoms with Crippen molar-refractivity contribution >= 4 is 11.3 Å². The molecular weight excluding hydrogens is 254 g/mol. The molecule has 0 unspecified atom stereocenters. The molecule has 0 amide bonds. The van der Waals surface area contributed by atoms with Gasteiger partial charge in [-0.3, -0.25) is 0 Å². The lowest BCUT2D eigenvalue weighted by Crippen LogP contribution is -2.21. The quantitative estimate of drug-likeness (QED) is 0.783. The van der Waals surface area contributed by atoms with Crippen molar-refractivity contribution in [1.29, 1.82) is 0 Å². The summed E-state index contributed by atoms with van der Waals surface area (Å²) in [6.45, 7) is 6.62. The molecule has 0 spiro atoms. The molecule has 2 aromatic carbocycles. The van der Waals surface area contributed by atoms with E-state index in [4.69, 9.17) is 0 Å². The molecule has 1 heteroatoms. The van der Waals surface area contributed by atoms with Crippen molar-refractivity contribution in [1.82, 2.24) is 0 Å². The van der Waals surface area contributed by atoms with Crippen LogP contribution in [0.5, 0.6) is 0 Å². The van der Waals surface area contributed by atoms with Crippen LogP contribution in [0.15, 0.2) is 55.1 Å². The summed E-state index contributed by atoms with van der Waals surface area (Å²) in [6, 6.07) is 17.4. The maximum Gasteiger partial charge on any atom is 0.0337 e. The Hall–Kier alpha value is -2.02. The molecule has 1 nitrogen and oxygen atoms in total. The zero-order valence-electron chi connectivity index (χ0n) is 12.9. The van der Waals surface area contributed by atoms with Crippen LogP contribution in [0.25, 0.3) is 16.7 Å². The summed E-state index contributed by atoms with van der Waals surface area (Å²) >= 11 is 0. The average Bonchev–Trinajstić information content (AvgIpc) is 2.51. The highest BCUT2D eigenvalue weighted by Crippen LogP contribution is 2.41. The zero-order valence-corrected chi connectivity index (χ0v) is 12.9. The Kier molecular flexibility index (Phi) is 3.83. The van der Waals surface area contributed by atoms with E-state index in [9.17, 15) is 0 Å². The summed E-state index contributed by atoms with van der Waals surface area (Å²) in [4.78, 5) is 0. The van der Waals surface area contributed by atoms with E-state index in [-0.39, 0.29) is 0 Å². The van der Waals surface area contributed by atoms with Crippen molar-refractivity contribution in [2.45, 2.75) is 19.8 Å². The van der Waals surface area contributed by atoms with Crippen molar-refractivity contribution in [3.05, 3.63) is 60.7 Å². The van der Waals surface area contributed by atoms with Gasteiger partial charge in [-0.25, -0.2) is 0 Å². The third-order valence-electron chi connectivity index (χ3n) is 4.63. The summed E-state index contributed by atoms with van der Waals surface area (Å²) in [6.07, 6.45) is 2.60. The highest BCUT2D eigenvalue weighted by molar-refractivity contribution is 5.71. The molecule has 0 bridgehead atoms. The van der Waals surface area contributed by atoms with Crippen LogP contribution in [0, 0.1) is 11.8 Å². The van der Waals surface area contributed by atoms with Gasteiger partial charge in [-0.15, -0.1) is 0 Å². The van der Waals surface area contributed by atoms with Gasteiger partial charge in [-0.1, -0.05) is 49.9 Å². The van der Waals surface area contributed by atoms with Crippen LogP contribution in [-0.2, 0) is 0 Å². The normalized spacial score (nSPS) is 20.7. The minimum atomic E-state index is 0.695. The van der Waals surface area contributed by atoms with Gasteiger partial charge >= 0.3 is 0 Å². The Labute approximate surface area is 127 Å². The lowest BCUT2D eigenvalue weighted by Gasteiger charge is -2.34. The number of hydrogen-bond acceptors (Lipinski definition) is 1. The summed E-state index contributed by atoms with van der Waals surface area (Å²) in [5.41, 5.74) is 6.26. The molecule has 0 saturated heterocycles. The van der Waals surface area contributed by atoms with E-state index in [1.807, 2.05) is 7.05 Å². The smallest absolute Gasteiger partial charge is 0.0337 e. The van der Waals surface area contributed by atoms with E-state index >= 15 is 0 Å². The maximum absolute atomic E-state index is 4.30. The Balaban J connectivity index is 1.75. The van der Waals surface area contributed by atoms with Crippen LogP contribution in [-0.4, -0.2) is 7.05 Å². The first-order chi connectivity index (χ1) is 10.2. The SMILES string of the molecule is C=C(c1ccc(-c2ccc(NC)cc2)cc1)C1CC(C)C1. The standard InChI is InChI=1S/C20H23N/c1-14-12-19(13-14)15(2)16-4-6-17(7-5-16)18-8-10-20(21-3)11-9-18/h4-11,14,19,21H,2,12-13H2,1,3H3. The second-order valence-electron chi connectivity index (χ2n) is 6.20. The highest BCUT2D eigenvalue weighted by Gasteiger charge is 2.27. The highest BCUT2D eigenvalue weighted by atomic mass is 14.8. The number of hydrogen-bond donors (Lipinski definition) is 1. The average molecular weight is 277 g/mol. The van der Waals surface area contributed by atoms with Gasteiger partial charge in [0.25, 0.3) is 0 Å². The maximum atomic E-state index is 4.30. The van der Waals surface area contributed by atoms with E-state index in [1.165, 1.54) is 35.1 Å². The van der Waals surface area contributed by atoms with Crippen LogP contribution in [0.2, 0.25) is 0 Å². The molecule has 0 atom stereocenters. The van der Waals surface area contributed by atoms with Gasteiger partial charge < -0.3 is 5.32 Å². The minimum Gasteiger partial charge on any atom is -0.388 e. The third kappa shape index (κ3) is 2.87. The lowest BCUT2D eigenvalue weighted by molar-refractivity contribution is 0.272. The van der Waals surface area contributed by atoms with Gasteiger partial charge in [0.15, 0.2) is 0 Å². The van der Waals surface area contributed by atoms with Crippen LogP contribution in [0.3, 0.4) is 0 Å². The number of rotatable bonds is 4. The van der Waals surface area contributed by atoms with Gasteiger partial charge in [0.05, 0.1) is 0 Å². The Morgan fingerprint density at radius 1 is 0.952 bits per heavy atom. The van der Waals surface area contributed by atoms with Crippen molar-refractivity contribution in [2.75, 3.05) is 12.4 Å². The summed E-state index contributed by atoms with van der Waals surface area (Å²) in [5, 5.41) is 3.15. The monoisotopic (exact) mass is 277 g/mol. The van der Waals surface area contributed by atoms with Gasteiger partial charge in [0.1, 0.15) is 0 Å².